The van der Waals surface area contributed by atoms with Gasteiger partial charge in [-0.05, 0) is 25.8 Å². The Hall–Kier alpha value is -1.10. The molecule has 0 aliphatic heterocycles. The van der Waals surface area contributed by atoms with E-state index in [1.54, 1.807) is 0 Å². The van der Waals surface area contributed by atoms with Gasteiger partial charge >= 0.3 is 5.97 Å². The van der Waals surface area contributed by atoms with Crippen LogP contribution < -0.4 is 11.1 Å². The Bertz CT molecular complexity index is 207. The largest absolute Gasteiger partial charge is 0.480 e. The lowest BCUT2D eigenvalue weighted by Crippen LogP contribution is -2.40. The van der Waals surface area contributed by atoms with Crippen LogP contribution in [0.25, 0.3) is 0 Å². The maximum atomic E-state index is 11.3. The van der Waals surface area contributed by atoms with Crippen LogP contribution in [0.1, 0.15) is 39.0 Å². The van der Waals surface area contributed by atoms with E-state index in [0.717, 1.165) is 12.8 Å². The van der Waals surface area contributed by atoms with Gasteiger partial charge in [0, 0.05) is 6.42 Å². The second-order valence-corrected chi connectivity index (χ2v) is 3.49. The second-order valence-electron chi connectivity index (χ2n) is 3.49. The van der Waals surface area contributed by atoms with Gasteiger partial charge in [0.1, 0.15) is 6.04 Å². The molecule has 0 rings (SSSR count). The molecule has 0 heterocycles. The highest BCUT2D eigenvalue weighted by atomic mass is 16.4. The SMILES string of the molecule is CCCCC(=O)N[C@@H](CCCN)C(=O)O. The van der Waals surface area contributed by atoms with Crippen LogP contribution in [0.2, 0.25) is 0 Å². The Morgan fingerprint density at radius 2 is 2.07 bits per heavy atom. The number of rotatable bonds is 8. The minimum absolute atomic E-state index is 0.193. The third-order valence-electron chi connectivity index (χ3n) is 2.09. The molecule has 4 N–H and O–H groups in total. The van der Waals surface area contributed by atoms with Crippen LogP contribution in [0.15, 0.2) is 0 Å². The number of nitrogens with two attached hydrogens (primary N) is 1. The Morgan fingerprint density at radius 1 is 1.40 bits per heavy atom. The molecule has 5 nitrogen and oxygen atoms in total. The van der Waals surface area contributed by atoms with E-state index in [1.807, 2.05) is 6.92 Å². The molecule has 0 saturated heterocycles. The molecule has 1 amide bonds. The first-order chi connectivity index (χ1) is 7.11. The number of hydrogen-bond donors (Lipinski definition) is 3. The van der Waals surface area contributed by atoms with Gasteiger partial charge in [-0.2, -0.15) is 0 Å². The molecule has 0 fully saturated rings. The molecule has 0 aromatic heterocycles. The number of carboxylic acid groups (broad SMARTS) is 1. The second kappa shape index (κ2) is 8.23. The molecule has 0 spiro atoms. The maximum absolute atomic E-state index is 11.3. The van der Waals surface area contributed by atoms with E-state index >= 15 is 0 Å². The van der Waals surface area contributed by atoms with Gasteiger partial charge in [-0.3, -0.25) is 4.79 Å². The molecular weight excluding hydrogens is 196 g/mol. The highest BCUT2D eigenvalue weighted by Gasteiger charge is 2.18. The third-order valence-corrected chi connectivity index (χ3v) is 2.09. The molecule has 0 bridgehead atoms. The molecule has 5 heteroatoms. The highest BCUT2D eigenvalue weighted by molar-refractivity contribution is 5.83. The molecule has 0 aromatic rings. The summed E-state index contributed by atoms with van der Waals surface area (Å²) in [5, 5.41) is 11.3. The zero-order valence-corrected chi connectivity index (χ0v) is 9.16. The average Bonchev–Trinajstić information content (AvgIpc) is 2.20. The molecule has 1 atom stereocenters. The normalized spacial score (nSPS) is 12.1. The van der Waals surface area contributed by atoms with Crippen LogP contribution in [-0.4, -0.2) is 29.6 Å². The van der Waals surface area contributed by atoms with Crippen molar-refractivity contribution in [3.05, 3.63) is 0 Å². The van der Waals surface area contributed by atoms with Crippen molar-refractivity contribution in [1.82, 2.24) is 5.32 Å². The smallest absolute Gasteiger partial charge is 0.326 e. The van der Waals surface area contributed by atoms with Crippen LogP contribution >= 0.6 is 0 Å². The summed E-state index contributed by atoms with van der Waals surface area (Å²) in [5.41, 5.74) is 5.28. The van der Waals surface area contributed by atoms with Crippen molar-refractivity contribution in [3.8, 4) is 0 Å². The van der Waals surface area contributed by atoms with Gasteiger partial charge in [0.25, 0.3) is 0 Å². The Kier molecular flexibility index (Phi) is 7.62. The summed E-state index contributed by atoms with van der Waals surface area (Å²) in [7, 11) is 0. The van der Waals surface area contributed by atoms with Crippen LogP contribution in [0.4, 0.5) is 0 Å². The Balaban J connectivity index is 3.93. The molecule has 0 unspecified atom stereocenters. The topological polar surface area (TPSA) is 92.4 Å². The summed E-state index contributed by atoms with van der Waals surface area (Å²) in [4.78, 5) is 22.0. The number of nitrogens with one attached hydrogen (secondary N) is 1. The summed E-state index contributed by atoms with van der Waals surface area (Å²) < 4.78 is 0. The van der Waals surface area contributed by atoms with E-state index in [-0.39, 0.29) is 5.91 Å². The van der Waals surface area contributed by atoms with Gasteiger partial charge in [-0.25, -0.2) is 4.79 Å². The molecule has 15 heavy (non-hydrogen) atoms. The van der Waals surface area contributed by atoms with Gasteiger partial charge in [0.2, 0.25) is 5.91 Å². The van der Waals surface area contributed by atoms with Crippen molar-refractivity contribution in [1.29, 1.82) is 0 Å². The van der Waals surface area contributed by atoms with Crippen molar-refractivity contribution in [3.63, 3.8) is 0 Å². The number of unbranched alkanes of at least 4 members (excludes halogenated alkanes) is 1. The van der Waals surface area contributed by atoms with Crippen LogP contribution in [0, 0.1) is 0 Å². The number of aliphatic carboxylic acids is 1. The van der Waals surface area contributed by atoms with E-state index in [2.05, 4.69) is 5.32 Å². The first-order valence-corrected chi connectivity index (χ1v) is 5.34. The fourth-order valence-corrected chi connectivity index (χ4v) is 1.18. The number of carboxylic acids is 1. The fourth-order valence-electron chi connectivity index (χ4n) is 1.18. The van der Waals surface area contributed by atoms with Gasteiger partial charge in [0.05, 0.1) is 0 Å². The van der Waals surface area contributed by atoms with Gasteiger partial charge in [0.15, 0.2) is 0 Å². The molecule has 0 radical (unpaired) electrons. The summed E-state index contributed by atoms with van der Waals surface area (Å²) in [5.74, 6) is -1.19. The third kappa shape index (κ3) is 6.90. The molecule has 0 aliphatic rings. The maximum Gasteiger partial charge on any atom is 0.326 e. The standard InChI is InChI=1S/C10H20N2O3/c1-2-3-6-9(13)12-8(10(14)15)5-4-7-11/h8H,2-7,11H2,1H3,(H,12,13)(H,14,15)/t8-/m0/s1. The molecule has 0 saturated carbocycles. The quantitative estimate of drug-likeness (QED) is 0.550. The summed E-state index contributed by atoms with van der Waals surface area (Å²) >= 11 is 0. The first-order valence-electron chi connectivity index (χ1n) is 5.34. The lowest BCUT2D eigenvalue weighted by atomic mass is 10.1. The number of amides is 1. The van der Waals surface area contributed by atoms with Crippen molar-refractivity contribution in [2.75, 3.05) is 6.54 Å². The molecule has 88 valence electrons. The van der Waals surface area contributed by atoms with Crippen LogP contribution in [0.5, 0.6) is 0 Å². The predicted octanol–water partition coefficient (Wildman–Crippen LogP) is 0.485. The van der Waals surface area contributed by atoms with Crippen LogP contribution in [-0.2, 0) is 9.59 Å². The number of carbonyl (C=O) groups is 2. The van der Waals surface area contributed by atoms with Crippen molar-refractivity contribution < 1.29 is 14.7 Å². The summed E-state index contributed by atoms with van der Waals surface area (Å²) in [6.07, 6.45) is 3.10. The van der Waals surface area contributed by atoms with Gasteiger partial charge < -0.3 is 16.2 Å². The molecular formula is C10H20N2O3. The molecule has 0 aliphatic carbocycles. The predicted molar refractivity (Wildman–Crippen MR) is 57.4 cm³/mol. The van der Waals surface area contributed by atoms with E-state index in [9.17, 15) is 9.59 Å². The first kappa shape index (κ1) is 13.9. The van der Waals surface area contributed by atoms with E-state index < -0.39 is 12.0 Å². The lowest BCUT2D eigenvalue weighted by molar-refractivity contribution is -0.142. The molecule has 0 aromatic carbocycles. The van der Waals surface area contributed by atoms with E-state index in [4.69, 9.17) is 10.8 Å². The summed E-state index contributed by atoms with van der Waals surface area (Å²) in [6.45, 7) is 2.42. The lowest BCUT2D eigenvalue weighted by Gasteiger charge is -2.13. The van der Waals surface area contributed by atoms with E-state index in [1.165, 1.54) is 0 Å². The monoisotopic (exact) mass is 216 g/mol. The number of carbonyl (C=O) groups excluding carboxylic acids is 1. The van der Waals surface area contributed by atoms with Gasteiger partial charge in [-0.15, -0.1) is 0 Å². The van der Waals surface area contributed by atoms with Crippen molar-refractivity contribution in [2.45, 2.75) is 45.1 Å². The minimum Gasteiger partial charge on any atom is -0.480 e. The number of hydrogen-bond acceptors (Lipinski definition) is 3. The average molecular weight is 216 g/mol. The highest BCUT2D eigenvalue weighted by Crippen LogP contribution is 1.99. The summed E-state index contributed by atoms with van der Waals surface area (Å²) in [6, 6.07) is -0.794. The van der Waals surface area contributed by atoms with Crippen molar-refractivity contribution in [2.24, 2.45) is 5.73 Å². The van der Waals surface area contributed by atoms with Crippen LogP contribution in [0.3, 0.4) is 0 Å². The zero-order valence-electron chi connectivity index (χ0n) is 9.16. The Morgan fingerprint density at radius 3 is 2.53 bits per heavy atom. The minimum atomic E-state index is -0.992. The zero-order chi connectivity index (χ0) is 11.7. The van der Waals surface area contributed by atoms with E-state index in [0.29, 0.717) is 25.8 Å². The Labute approximate surface area is 90.0 Å². The van der Waals surface area contributed by atoms with Gasteiger partial charge in [-0.1, -0.05) is 13.3 Å². The fraction of sp³-hybridized carbons (Fsp3) is 0.800. The van der Waals surface area contributed by atoms with Crippen molar-refractivity contribution >= 4 is 11.9 Å².